The summed E-state index contributed by atoms with van der Waals surface area (Å²) in [5, 5.41) is 2.94. The van der Waals surface area contributed by atoms with Crippen molar-refractivity contribution in [3.05, 3.63) is 29.8 Å². The van der Waals surface area contributed by atoms with Crippen LogP contribution in [0.15, 0.2) is 24.3 Å². The molecule has 0 aliphatic carbocycles. The molecule has 5 heteroatoms. The number of ketones is 1. The fraction of sp³-hybridized carbons (Fsp3) is 0.500. The fourth-order valence-electron chi connectivity index (χ4n) is 1.91. The van der Waals surface area contributed by atoms with E-state index in [1.807, 2.05) is 6.92 Å². The van der Waals surface area contributed by atoms with Crippen LogP contribution in [0.5, 0.6) is 5.75 Å². The van der Waals surface area contributed by atoms with Gasteiger partial charge in [0.05, 0.1) is 19.8 Å². The van der Waals surface area contributed by atoms with E-state index in [0.29, 0.717) is 18.6 Å². The molecule has 0 aliphatic heterocycles. The number of esters is 1. The Morgan fingerprint density at radius 1 is 1.24 bits per heavy atom. The molecule has 1 aromatic carbocycles. The van der Waals surface area contributed by atoms with Crippen LogP contribution in [-0.2, 0) is 9.53 Å². The Hall–Kier alpha value is -1.88. The van der Waals surface area contributed by atoms with Crippen molar-refractivity contribution < 1.29 is 19.1 Å². The summed E-state index contributed by atoms with van der Waals surface area (Å²) in [5.74, 6) is 0.402. The van der Waals surface area contributed by atoms with Gasteiger partial charge in [-0.25, -0.2) is 0 Å². The molecule has 0 heterocycles. The third-order valence-electron chi connectivity index (χ3n) is 3.14. The average Bonchev–Trinajstić information content (AvgIpc) is 2.53. The molecule has 0 saturated heterocycles. The largest absolute Gasteiger partial charge is 0.494 e. The van der Waals surface area contributed by atoms with Crippen LogP contribution in [-0.4, -0.2) is 38.6 Å². The molecule has 0 saturated carbocycles. The Morgan fingerprint density at radius 3 is 2.43 bits per heavy atom. The number of benzene rings is 1. The first-order chi connectivity index (χ1) is 10.1. The Labute approximate surface area is 125 Å². The van der Waals surface area contributed by atoms with E-state index in [2.05, 4.69) is 10.1 Å². The first-order valence-electron chi connectivity index (χ1n) is 7.13. The van der Waals surface area contributed by atoms with Crippen LogP contribution >= 0.6 is 0 Å². The van der Waals surface area contributed by atoms with Gasteiger partial charge in [-0.2, -0.15) is 0 Å². The number of rotatable bonds is 9. The zero-order valence-electron chi connectivity index (χ0n) is 12.8. The van der Waals surface area contributed by atoms with Crippen molar-refractivity contribution in [2.24, 2.45) is 0 Å². The van der Waals surface area contributed by atoms with Crippen LogP contribution in [0.25, 0.3) is 0 Å². The van der Waals surface area contributed by atoms with Gasteiger partial charge in [0.1, 0.15) is 5.75 Å². The van der Waals surface area contributed by atoms with Crippen molar-refractivity contribution in [2.45, 2.75) is 32.2 Å². The summed E-state index contributed by atoms with van der Waals surface area (Å²) >= 11 is 0. The maximum atomic E-state index is 12.3. The second-order valence-electron chi connectivity index (χ2n) is 4.69. The number of Topliss-reactive ketones (excluding diaryl/α,β-unsaturated/α-hetero) is 1. The van der Waals surface area contributed by atoms with Gasteiger partial charge in [0.15, 0.2) is 5.78 Å². The molecule has 1 N–H and O–H groups in total. The van der Waals surface area contributed by atoms with E-state index >= 15 is 0 Å². The number of nitrogens with one attached hydrogen (secondary N) is 1. The van der Waals surface area contributed by atoms with Crippen LogP contribution < -0.4 is 10.1 Å². The molecule has 1 atom stereocenters. The van der Waals surface area contributed by atoms with Gasteiger partial charge in [-0.3, -0.25) is 9.59 Å². The van der Waals surface area contributed by atoms with Crippen molar-refractivity contribution in [1.82, 2.24) is 5.32 Å². The lowest BCUT2D eigenvalue weighted by molar-refractivity contribution is -0.140. The van der Waals surface area contributed by atoms with Crippen molar-refractivity contribution in [3.8, 4) is 5.75 Å². The third kappa shape index (κ3) is 5.55. The van der Waals surface area contributed by atoms with E-state index in [1.165, 1.54) is 7.11 Å². The summed E-state index contributed by atoms with van der Waals surface area (Å²) in [6.07, 6.45) is 1.57. The molecule has 1 aromatic rings. The van der Waals surface area contributed by atoms with E-state index in [4.69, 9.17) is 4.74 Å². The summed E-state index contributed by atoms with van der Waals surface area (Å²) in [5.41, 5.74) is 0.600. The molecule has 1 rings (SSSR count). The first-order valence-corrected chi connectivity index (χ1v) is 7.13. The van der Waals surface area contributed by atoms with Crippen molar-refractivity contribution >= 4 is 11.8 Å². The summed E-state index contributed by atoms with van der Waals surface area (Å²) in [7, 11) is 3.05. The Morgan fingerprint density at radius 2 is 1.90 bits per heavy atom. The van der Waals surface area contributed by atoms with Gasteiger partial charge < -0.3 is 14.8 Å². The molecule has 1 unspecified atom stereocenters. The topological polar surface area (TPSA) is 64.6 Å². The van der Waals surface area contributed by atoms with Gasteiger partial charge in [0.2, 0.25) is 0 Å². The van der Waals surface area contributed by atoms with Crippen molar-refractivity contribution in [1.29, 1.82) is 0 Å². The predicted molar refractivity (Wildman–Crippen MR) is 80.7 cm³/mol. The molecule has 5 nitrogen and oxygen atoms in total. The number of carbonyl (C=O) groups is 2. The van der Waals surface area contributed by atoms with Gasteiger partial charge in [-0.1, -0.05) is 6.92 Å². The standard InChI is InChI=1S/C16H23NO4/c1-4-11-21-13-7-5-12(6-8-13)16(19)14(17-2)9-10-15(18)20-3/h5-8,14,17H,4,9-11H2,1-3H3. The van der Waals surface area contributed by atoms with Crippen LogP contribution in [0.2, 0.25) is 0 Å². The number of methoxy groups -OCH3 is 1. The maximum Gasteiger partial charge on any atom is 0.305 e. The molecule has 0 aliphatic rings. The van der Waals surface area contributed by atoms with E-state index < -0.39 is 6.04 Å². The second-order valence-corrected chi connectivity index (χ2v) is 4.69. The quantitative estimate of drug-likeness (QED) is 0.558. The third-order valence-corrected chi connectivity index (χ3v) is 3.14. The maximum absolute atomic E-state index is 12.3. The number of ether oxygens (including phenoxy) is 2. The first kappa shape index (κ1) is 17.2. The highest BCUT2D eigenvalue weighted by atomic mass is 16.5. The molecule has 0 amide bonds. The van der Waals surface area contributed by atoms with Gasteiger partial charge in [0, 0.05) is 12.0 Å². The summed E-state index contributed by atoms with van der Waals surface area (Å²) in [6, 6.07) is 6.67. The number of hydrogen-bond acceptors (Lipinski definition) is 5. The highest BCUT2D eigenvalue weighted by Gasteiger charge is 2.19. The van der Waals surface area contributed by atoms with Crippen LogP contribution in [0, 0.1) is 0 Å². The smallest absolute Gasteiger partial charge is 0.305 e. The molecule has 0 aromatic heterocycles. The molecule has 116 valence electrons. The number of carbonyl (C=O) groups excluding carboxylic acids is 2. The van der Waals surface area contributed by atoms with E-state index in [0.717, 1.165) is 12.2 Å². The average molecular weight is 293 g/mol. The molecule has 0 fully saturated rings. The predicted octanol–water partition coefficient (Wildman–Crippen LogP) is 2.20. The van der Waals surface area contributed by atoms with Gasteiger partial charge in [0.25, 0.3) is 0 Å². The van der Waals surface area contributed by atoms with Gasteiger partial charge >= 0.3 is 5.97 Å². The zero-order chi connectivity index (χ0) is 15.7. The molecule has 0 spiro atoms. The molecular formula is C16H23NO4. The Kier molecular flexibility index (Phi) is 7.46. The Bertz CT molecular complexity index is 456. The SMILES string of the molecule is CCCOc1ccc(C(=O)C(CCC(=O)OC)NC)cc1. The highest BCUT2D eigenvalue weighted by Crippen LogP contribution is 2.15. The molecule has 21 heavy (non-hydrogen) atoms. The van der Waals surface area contributed by atoms with E-state index in [1.54, 1.807) is 31.3 Å². The summed E-state index contributed by atoms with van der Waals surface area (Å²) in [6.45, 7) is 2.70. The fourth-order valence-corrected chi connectivity index (χ4v) is 1.91. The minimum atomic E-state index is -0.397. The van der Waals surface area contributed by atoms with E-state index in [9.17, 15) is 9.59 Å². The molecular weight excluding hydrogens is 270 g/mol. The van der Waals surface area contributed by atoms with E-state index in [-0.39, 0.29) is 18.2 Å². The lowest BCUT2D eigenvalue weighted by Crippen LogP contribution is -2.34. The minimum absolute atomic E-state index is 0.0385. The minimum Gasteiger partial charge on any atom is -0.494 e. The highest BCUT2D eigenvalue weighted by molar-refractivity contribution is 6.00. The number of likely N-dealkylation sites (N-methyl/N-ethyl adjacent to an activating group) is 1. The monoisotopic (exact) mass is 293 g/mol. The molecule has 0 bridgehead atoms. The van der Waals surface area contributed by atoms with Crippen LogP contribution in [0.3, 0.4) is 0 Å². The van der Waals surface area contributed by atoms with Crippen LogP contribution in [0.1, 0.15) is 36.5 Å². The zero-order valence-corrected chi connectivity index (χ0v) is 12.8. The second kappa shape index (κ2) is 9.13. The van der Waals surface area contributed by atoms with Crippen molar-refractivity contribution in [2.75, 3.05) is 20.8 Å². The molecule has 0 radical (unpaired) electrons. The summed E-state index contributed by atoms with van der Waals surface area (Å²) < 4.78 is 10.1. The lowest BCUT2D eigenvalue weighted by atomic mass is 10.0. The summed E-state index contributed by atoms with van der Waals surface area (Å²) in [4.78, 5) is 23.5. The lowest BCUT2D eigenvalue weighted by Gasteiger charge is -2.14. The van der Waals surface area contributed by atoms with Gasteiger partial charge in [-0.05, 0) is 44.2 Å². The number of hydrogen-bond donors (Lipinski definition) is 1. The van der Waals surface area contributed by atoms with Gasteiger partial charge in [-0.15, -0.1) is 0 Å². The van der Waals surface area contributed by atoms with Crippen LogP contribution in [0.4, 0.5) is 0 Å². The Balaban J connectivity index is 2.64. The normalized spacial score (nSPS) is 11.8. The van der Waals surface area contributed by atoms with Crippen molar-refractivity contribution in [3.63, 3.8) is 0 Å².